The second kappa shape index (κ2) is 12.9. The van der Waals surface area contributed by atoms with Crippen LogP contribution >= 0.6 is 0 Å². The third-order valence-electron chi connectivity index (χ3n) is 10.4. The lowest BCUT2D eigenvalue weighted by Gasteiger charge is -2.46. The molecule has 5 aromatic rings. The lowest BCUT2D eigenvalue weighted by atomic mass is 10.0. The number of hydrogen-bond acceptors (Lipinski definition) is 9. The fourth-order valence-electron chi connectivity index (χ4n) is 7.69. The monoisotopic (exact) mass is 662 g/mol. The van der Waals surface area contributed by atoms with Crippen molar-refractivity contribution < 1.29 is 9.84 Å². The van der Waals surface area contributed by atoms with Crippen LogP contribution in [0.2, 0.25) is 0 Å². The van der Waals surface area contributed by atoms with Crippen LogP contribution < -0.4 is 21.3 Å². The molecule has 0 saturated carbocycles. The van der Waals surface area contributed by atoms with Crippen molar-refractivity contribution in [3.63, 3.8) is 0 Å². The highest BCUT2D eigenvalue weighted by Crippen LogP contribution is 2.30. The van der Waals surface area contributed by atoms with E-state index in [1.54, 1.807) is 37.8 Å². The number of hydrogen-bond donors (Lipinski definition) is 2. The Bertz CT molecular complexity index is 2130. The molecular weight excluding hydrogens is 620 g/mol. The van der Waals surface area contributed by atoms with Gasteiger partial charge in [-0.3, -0.25) is 19.1 Å². The molecule has 2 saturated heterocycles. The number of piperazine rings is 1. The summed E-state index contributed by atoms with van der Waals surface area (Å²) < 4.78 is 10.4. The predicted molar refractivity (Wildman–Crippen MR) is 189 cm³/mol. The normalized spacial score (nSPS) is 18.7. The van der Waals surface area contributed by atoms with E-state index < -0.39 is 0 Å². The third kappa shape index (κ3) is 5.73. The molecule has 0 unspecified atom stereocenters. The largest absolute Gasteiger partial charge is 0.392 e. The average Bonchev–Trinajstić information content (AvgIpc) is 3.27. The maximum Gasteiger partial charge on any atom is 0.280 e. The van der Waals surface area contributed by atoms with Gasteiger partial charge in [0.25, 0.3) is 11.1 Å². The average molecular weight is 663 g/mol. The van der Waals surface area contributed by atoms with E-state index in [0.717, 1.165) is 64.2 Å². The summed E-state index contributed by atoms with van der Waals surface area (Å²) in [6.07, 6.45) is 14.3. The molecule has 0 amide bonds. The van der Waals surface area contributed by atoms with E-state index >= 15 is 0 Å². The van der Waals surface area contributed by atoms with E-state index in [-0.39, 0.29) is 17.7 Å². The van der Waals surface area contributed by atoms with Crippen LogP contribution in [0.15, 0.2) is 70.9 Å². The molecule has 0 aromatic carbocycles. The highest BCUT2D eigenvalue weighted by molar-refractivity contribution is 5.73. The first kappa shape index (κ1) is 31.5. The summed E-state index contributed by atoms with van der Waals surface area (Å²) in [5, 5.41) is 13.9. The number of aryl methyl sites for hydroxylation is 3. The van der Waals surface area contributed by atoms with Crippen LogP contribution in [-0.4, -0.2) is 78.4 Å². The molecule has 5 aromatic heterocycles. The van der Waals surface area contributed by atoms with Crippen molar-refractivity contribution in [1.29, 1.82) is 0 Å². The lowest BCUT2D eigenvalue weighted by molar-refractivity contribution is -0.0691. The summed E-state index contributed by atoms with van der Waals surface area (Å²) in [6, 6.07) is 10.4. The molecule has 0 spiro atoms. The van der Waals surface area contributed by atoms with Crippen LogP contribution in [0.5, 0.6) is 0 Å². The molecule has 0 bridgehead atoms. The summed E-state index contributed by atoms with van der Waals surface area (Å²) in [5.41, 5.74) is 5.92. The molecule has 2 fully saturated rings. The van der Waals surface area contributed by atoms with Gasteiger partial charge in [-0.2, -0.15) is 0 Å². The summed E-state index contributed by atoms with van der Waals surface area (Å²) in [6.45, 7) is 6.44. The fourth-order valence-corrected chi connectivity index (χ4v) is 7.69. The maximum absolute atomic E-state index is 13.9. The first-order chi connectivity index (χ1) is 23.9. The number of rotatable bonds is 7. The van der Waals surface area contributed by atoms with Crippen molar-refractivity contribution in [2.45, 2.75) is 57.7 Å². The molecule has 3 aliphatic rings. The predicted octanol–water partition coefficient (Wildman–Crippen LogP) is 3.66. The van der Waals surface area contributed by atoms with Crippen LogP contribution in [-0.2, 0) is 31.2 Å². The molecule has 254 valence electrons. The van der Waals surface area contributed by atoms with Crippen LogP contribution in [0.3, 0.4) is 0 Å². The Kier molecular flexibility index (Phi) is 8.30. The Hall–Kier alpha value is -4.78. The molecule has 12 heteroatoms. The minimum absolute atomic E-state index is 0.184. The van der Waals surface area contributed by atoms with Gasteiger partial charge in [0.15, 0.2) is 0 Å². The minimum Gasteiger partial charge on any atom is -0.392 e. The second-order valence-corrected chi connectivity index (χ2v) is 13.5. The number of anilines is 3. The zero-order valence-corrected chi connectivity index (χ0v) is 28.0. The Morgan fingerprint density at radius 1 is 1.00 bits per heavy atom. The van der Waals surface area contributed by atoms with Gasteiger partial charge in [0.2, 0.25) is 0 Å². The molecule has 0 radical (unpaired) electrons. The van der Waals surface area contributed by atoms with E-state index in [2.05, 4.69) is 32.0 Å². The SMILES string of the molecule is C[C@H]1CN(C2COC2)CCN1c1ccc(Nc2cc(-c3ccnc(-n4ccn5c6c(cc5c4=O)CCCCC6)c3CO)cn(C)c2=O)nc1. The Labute approximate surface area is 284 Å². The van der Waals surface area contributed by atoms with Gasteiger partial charge in [0.1, 0.15) is 22.8 Å². The van der Waals surface area contributed by atoms with Crippen molar-refractivity contribution in [2.24, 2.45) is 7.05 Å². The second-order valence-electron chi connectivity index (χ2n) is 13.5. The molecule has 49 heavy (non-hydrogen) atoms. The molecule has 12 nitrogen and oxygen atoms in total. The van der Waals surface area contributed by atoms with Crippen LogP contribution in [0.25, 0.3) is 22.5 Å². The first-order valence-corrected chi connectivity index (χ1v) is 17.3. The number of aliphatic hydroxyl groups is 1. The number of aromatic nitrogens is 5. The van der Waals surface area contributed by atoms with Gasteiger partial charge in [-0.1, -0.05) is 6.42 Å². The fraction of sp³-hybridized carbons (Fsp3) is 0.405. The molecule has 7 heterocycles. The minimum atomic E-state index is -0.344. The highest BCUT2D eigenvalue weighted by atomic mass is 16.5. The topological polar surface area (TPSA) is 122 Å². The summed E-state index contributed by atoms with van der Waals surface area (Å²) in [7, 11) is 1.69. The van der Waals surface area contributed by atoms with E-state index in [4.69, 9.17) is 4.74 Å². The first-order valence-electron chi connectivity index (χ1n) is 17.3. The van der Waals surface area contributed by atoms with Gasteiger partial charge < -0.3 is 29.0 Å². The number of nitrogens with one attached hydrogen (secondary N) is 1. The van der Waals surface area contributed by atoms with Gasteiger partial charge in [0, 0.05) is 74.3 Å². The van der Waals surface area contributed by atoms with Crippen LogP contribution in [0.4, 0.5) is 17.2 Å². The van der Waals surface area contributed by atoms with Crippen molar-refractivity contribution in [3.05, 3.63) is 98.8 Å². The van der Waals surface area contributed by atoms with Gasteiger partial charge in [-0.05, 0) is 74.1 Å². The van der Waals surface area contributed by atoms with Crippen molar-refractivity contribution in [3.8, 4) is 16.9 Å². The van der Waals surface area contributed by atoms with Crippen molar-refractivity contribution >= 4 is 22.7 Å². The molecule has 1 aliphatic carbocycles. The van der Waals surface area contributed by atoms with Gasteiger partial charge >= 0.3 is 0 Å². The van der Waals surface area contributed by atoms with E-state index in [1.807, 2.05) is 35.0 Å². The number of nitrogens with zero attached hydrogens (tertiary/aromatic N) is 7. The number of fused-ring (bicyclic) bond motifs is 3. The van der Waals surface area contributed by atoms with E-state index in [0.29, 0.717) is 51.6 Å². The molecule has 2 aliphatic heterocycles. The van der Waals surface area contributed by atoms with Crippen LogP contribution in [0, 0.1) is 0 Å². The molecule has 1 atom stereocenters. The quantitative estimate of drug-likeness (QED) is 0.252. The molecular formula is C37H42N8O4. The van der Waals surface area contributed by atoms with Gasteiger partial charge in [-0.25, -0.2) is 9.97 Å². The summed E-state index contributed by atoms with van der Waals surface area (Å²) >= 11 is 0. The van der Waals surface area contributed by atoms with Gasteiger partial charge in [-0.15, -0.1) is 0 Å². The summed E-state index contributed by atoms with van der Waals surface area (Å²) in [5.74, 6) is 0.916. The number of ether oxygens (including phenoxy) is 1. The van der Waals surface area contributed by atoms with Gasteiger partial charge in [0.05, 0.1) is 37.7 Å². The number of aliphatic hydroxyl groups excluding tert-OH is 1. The zero-order valence-electron chi connectivity index (χ0n) is 28.0. The summed E-state index contributed by atoms with van der Waals surface area (Å²) in [4.78, 5) is 41.2. The Morgan fingerprint density at radius 3 is 2.61 bits per heavy atom. The third-order valence-corrected chi connectivity index (χ3v) is 10.4. The van der Waals surface area contributed by atoms with Crippen molar-refractivity contribution in [1.82, 2.24) is 28.4 Å². The number of pyridine rings is 3. The Morgan fingerprint density at radius 2 is 1.86 bits per heavy atom. The smallest absolute Gasteiger partial charge is 0.280 e. The van der Waals surface area contributed by atoms with Crippen LogP contribution in [0.1, 0.15) is 43.0 Å². The van der Waals surface area contributed by atoms with E-state index in [9.17, 15) is 14.7 Å². The molecule has 8 rings (SSSR count). The lowest BCUT2D eigenvalue weighted by Crippen LogP contribution is -2.59. The molecule has 2 N–H and O–H groups in total. The zero-order chi connectivity index (χ0) is 33.6. The highest BCUT2D eigenvalue weighted by Gasteiger charge is 2.32. The standard InChI is InChI=1S/C37H42N8O4/c1-24-19-42(28-22-49-23-28)12-13-43(24)27-8-9-34(39-18-27)40-31-16-26(20-41(2)36(31)47)29-10-11-38-35(30(29)21-46)45-15-14-44-32-7-5-3-4-6-25(32)17-33(44)37(45)48/h8-11,14-18,20,24,28,46H,3-7,12-13,19,21-23H2,1-2H3,(H,39,40)/t24-/m0/s1. The maximum atomic E-state index is 13.9. The van der Waals surface area contributed by atoms with Crippen molar-refractivity contribution in [2.75, 3.05) is 43.1 Å². The van der Waals surface area contributed by atoms with E-state index in [1.165, 1.54) is 26.8 Å². The Balaban J connectivity index is 1.08.